The topological polar surface area (TPSA) is 27.7 Å². The van der Waals surface area contributed by atoms with Gasteiger partial charge in [-0.15, -0.1) is 0 Å². The van der Waals surface area contributed by atoms with Gasteiger partial charge in [0.15, 0.2) is 12.1 Å². The molecule has 0 bridgehead atoms. The summed E-state index contributed by atoms with van der Waals surface area (Å²) in [5, 5.41) is 0. The van der Waals surface area contributed by atoms with Gasteiger partial charge in [0.25, 0.3) is 0 Å². The second kappa shape index (κ2) is 7.47. The zero-order chi connectivity index (χ0) is 17.0. The molecule has 3 heteroatoms. The molecule has 128 valence electrons. The quantitative estimate of drug-likeness (QED) is 0.770. The molecule has 4 atom stereocenters. The Morgan fingerprint density at radius 3 is 2.00 bits per heavy atom. The first-order valence-corrected chi connectivity index (χ1v) is 8.73. The molecule has 1 aliphatic rings. The van der Waals surface area contributed by atoms with Crippen molar-refractivity contribution in [2.24, 2.45) is 0 Å². The van der Waals surface area contributed by atoms with Crippen LogP contribution >= 0.6 is 0 Å². The first-order valence-electron chi connectivity index (χ1n) is 8.73. The summed E-state index contributed by atoms with van der Waals surface area (Å²) in [5.41, 5.74) is 2.43. The monoisotopic (exact) mass is 326 g/mol. The van der Waals surface area contributed by atoms with Crippen molar-refractivity contribution in [3.05, 3.63) is 71.8 Å². The maximum Gasteiger partial charge on any atom is 0.176 e. The summed E-state index contributed by atoms with van der Waals surface area (Å²) in [7, 11) is 0. The van der Waals surface area contributed by atoms with Gasteiger partial charge in [-0.2, -0.15) is 0 Å². The van der Waals surface area contributed by atoms with Gasteiger partial charge < -0.3 is 14.2 Å². The Kier molecular flexibility index (Phi) is 5.34. The van der Waals surface area contributed by atoms with Crippen LogP contribution in [0.1, 0.15) is 43.7 Å². The molecule has 2 aromatic rings. The van der Waals surface area contributed by atoms with Gasteiger partial charge in [-0.05, 0) is 31.9 Å². The molecule has 4 unspecified atom stereocenters. The van der Waals surface area contributed by atoms with Gasteiger partial charge >= 0.3 is 0 Å². The maximum atomic E-state index is 6.32. The third-order valence-corrected chi connectivity index (χ3v) is 4.67. The third kappa shape index (κ3) is 3.25. The normalized spacial score (nSPS) is 29.7. The van der Waals surface area contributed by atoms with E-state index in [2.05, 4.69) is 48.5 Å². The van der Waals surface area contributed by atoms with Gasteiger partial charge in [-0.1, -0.05) is 60.7 Å². The van der Waals surface area contributed by atoms with Crippen LogP contribution in [-0.2, 0) is 14.2 Å². The molecule has 1 aliphatic heterocycles. The number of ether oxygens (including phenoxy) is 3. The summed E-state index contributed by atoms with van der Waals surface area (Å²) >= 11 is 0. The van der Waals surface area contributed by atoms with Crippen LogP contribution in [0.15, 0.2) is 60.7 Å². The lowest BCUT2D eigenvalue weighted by Gasteiger charge is -2.32. The third-order valence-electron chi connectivity index (χ3n) is 4.67. The second-order valence-electron chi connectivity index (χ2n) is 6.22. The summed E-state index contributed by atoms with van der Waals surface area (Å²) in [4.78, 5) is 0. The summed E-state index contributed by atoms with van der Waals surface area (Å²) in [6.07, 6.45) is -0.320. The van der Waals surface area contributed by atoms with Crippen molar-refractivity contribution in [2.75, 3.05) is 13.2 Å². The van der Waals surface area contributed by atoms with E-state index in [1.54, 1.807) is 0 Å². The molecule has 1 saturated heterocycles. The summed E-state index contributed by atoms with van der Waals surface area (Å²) in [6, 6.07) is 20.9. The first kappa shape index (κ1) is 17.2. The fraction of sp³-hybridized carbons (Fsp3) is 0.429. The highest BCUT2D eigenvalue weighted by Crippen LogP contribution is 2.52. The molecule has 0 aliphatic carbocycles. The molecule has 24 heavy (non-hydrogen) atoms. The number of benzene rings is 2. The van der Waals surface area contributed by atoms with Gasteiger partial charge in [0.05, 0.1) is 0 Å². The van der Waals surface area contributed by atoms with E-state index in [-0.39, 0.29) is 18.1 Å². The average Bonchev–Trinajstić information content (AvgIpc) is 2.89. The summed E-state index contributed by atoms with van der Waals surface area (Å²) in [5.74, 6) is -0.557. The van der Waals surface area contributed by atoms with Gasteiger partial charge in [0, 0.05) is 25.0 Å². The molecule has 1 fully saturated rings. The summed E-state index contributed by atoms with van der Waals surface area (Å²) in [6.45, 7) is 7.24. The molecular formula is C21H26O3. The SMILES string of the molecule is CCOC1OC(C)(OCC)C(c2ccccc2)C1c1ccccc1. The van der Waals surface area contributed by atoms with Crippen LogP contribution < -0.4 is 0 Å². The Morgan fingerprint density at radius 2 is 1.46 bits per heavy atom. The first-order chi connectivity index (χ1) is 11.7. The van der Waals surface area contributed by atoms with Crippen LogP contribution in [0.4, 0.5) is 0 Å². The largest absolute Gasteiger partial charge is 0.352 e. The van der Waals surface area contributed by atoms with Crippen molar-refractivity contribution >= 4 is 0 Å². The summed E-state index contributed by atoms with van der Waals surface area (Å²) < 4.78 is 18.4. The van der Waals surface area contributed by atoms with Gasteiger partial charge in [-0.3, -0.25) is 0 Å². The van der Waals surface area contributed by atoms with Crippen LogP contribution in [0.3, 0.4) is 0 Å². The Bertz CT molecular complexity index is 628. The maximum absolute atomic E-state index is 6.32. The Labute approximate surface area is 144 Å². The van der Waals surface area contributed by atoms with E-state index in [4.69, 9.17) is 14.2 Å². The van der Waals surface area contributed by atoms with E-state index in [1.807, 2.05) is 32.9 Å². The van der Waals surface area contributed by atoms with E-state index in [1.165, 1.54) is 11.1 Å². The van der Waals surface area contributed by atoms with Crippen LogP contribution in [-0.4, -0.2) is 25.3 Å². The van der Waals surface area contributed by atoms with E-state index in [0.29, 0.717) is 13.2 Å². The van der Waals surface area contributed by atoms with Crippen LogP contribution in [0.2, 0.25) is 0 Å². The van der Waals surface area contributed by atoms with E-state index < -0.39 is 5.79 Å². The highest BCUT2D eigenvalue weighted by Gasteiger charge is 2.54. The van der Waals surface area contributed by atoms with E-state index in [0.717, 1.165) is 0 Å². The molecular weight excluding hydrogens is 300 g/mol. The minimum absolute atomic E-state index is 0.0672. The van der Waals surface area contributed by atoms with Crippen molar-refractivity contribution in [3.8, 4) is 0 Å². The molecule has 0 spiro atoms. The van der Waals surface area contributed by atoms with Crippen LogP contribution in [0, 0.1) is 0 Å². The van der Waals surface area contributed by atoms with E-state index >= 15 is 0 Å². The Balaban J connectivity index is 2.08. The van der Waals surface area contributed by atoms with Gasteiger partial charge in [-0.25, -0.2) is 0 Å². The predicted octanol–water partition coefficient (Wildman–Crippen LogP) is 4.70. The van der Waals surface area contributed by atoms with E-state index in [9.17, 15) is 0 Å². The Hall–Kier alpha value is -1.68. The van der Waals surface area contributed by atoms with Crippen molar-refractivity contribution in [2.45, 2.75) is 44.7 Å². The minimum Gasteiger partial charge on any atom is -0.352 e. The van der Waals surface area contributed by atoms with Crippen LogP contribution in [0.5, 0.6) is 0 Å². The highest BCUT2D eigenvalue weighted by atomic mass is 16.8. The smallest absolute Gasteiger partial charge is 0.176 e. The van der Waals surface area contributed by atoms with Crippen LogP contribution in [0.25, 0.3) is 0 Å². The molecule has 2 aromatic carbocycles. The number of hydrogen-bond acceptors (Lipinski definition) is 3. The molecule has 0 aromatic heterocycles. The van der Waals surface area contributed by atoms with Gasteiger partial charge in [0.1, 0.15) is 0 Å². The molecule has 1 heterocycles. The van der Waals surface area contributed by atoms with Crippen molar-refractivity contribution in [1.29, 1.82) is 0 Å². The zero-order valence-electron chi connectivity index (χ0n) is 14.6. The molecule has 0 radical (unpaired) electrons. The van der Waals surface area contributed by atoms with Gasteiger partial charge in [0.2, 0.25) is 0 Å². The lowest BCUT2D eigenvalue weighted by molar-refractivity contribution is -0.264. The molecule has 0 N–H and O–H groups in total. The highest BCUT2D eigenvalue weighted by molar-refractivity contribution is 5.33. The fourth-order valence-corrected chi connectivity index (χ4v) is 3.77. The number of rotatable bonds is 6. The van der Waals surface area contributed by atoms with Crippen molar-refractivity contribution < 1.29 is 14.2 Å². The fourth-order valence-electron chi connectivity index (χ4n) is 3.77. The lowest BCUT2D eigenvalue weighted by Crippen LogP contribution is -2.35. The molecule has 3 rings (SSSR count). The minimum atomic E-state index is -0.712. The Morgan fingerprint density at radius 1 is 0.875 bits per heavy atom. The lowest BCUT2D eigenvalue weighted by atomic mass is 9.78. The average molecular weight is 326 g/mol. The molecule has 0 amide bonds. The predicted molar refractivity (Wildman–Crippen MR) is 94.9 cm³/mol. The van der Waals surface area contributed by atoms with Crippen molar-refractivity contribution in [1.82, 2.24) is 0 Å². The number of hydrogen-bond donors (Lipinski definition) is 0. The molecule has 0 saturated carbocycles. The zero-order valence-corrected chi connectivity index (χ0v) is 14.6. The molecule has 3 nitrogen and oxygen atoms in total. The van der Waals surface area contributed by atoms with Crippen molar-refractivity contribution in [3.63, 3.8) is 0 Å². The second-order valence-corrected chi connectivity index (χ2v) is 6.22. The standard InChI is InChI=1S/C21H26O3/c1-4-22-20-18(16-12-8-6-9-13-16)19(17-14-10-7-11-15-17)21(3,24-20)23-5-2/h6-15,18-20H,4-5H2,1-3H3.